The van der Waals surface area contributed by atoms with E-state index in [2.05, 4.69) is 5.32 Å². The van der Waals surface area contributed by atoms with E-state index in [-0.39, 0.29) is 17.9 Å². The van der Waals surface area contributed by atoms with E-state index in [9.17, 15) is 9.59 Å². The van der Waals surface area contributed by atoms with Crippen LogP contribution in [0.4, 0.5) is 0 Å². The van der Waals surface area contributed by atoms with Crippen molar-refractivity contribution in [2.45, 2.75) is 38.8 Å². The summed E-state index contributed by atoms with van der Waals surface area (Å²) in [5.41, 5.74) is 0.710. The number of benzene rings is 1. The Morgan fingerprint density at radius 1 is 1.20 bits per heavy atom. The summed E-state index contributed by atoms with van der Waals surface area (Å²) in [6, 6.07) is 9.39. The molecule has 1 aromatic carbocycles. The maximum absolute atomic E-state index is 12.4. The summed E-state index contributed by atoms with van der Waals surface area (Å²) >= 11 is 0. The molecule has 0 spiro atoms. The van der Waals surface area contributed by atoms with E-state index in [1.165, 1.54) is 0 Å². The molecule has 2 rings (SSSR count). The summed E-state index contributed by atoms with van der Waals surface area (Å²) in [5.74, 6) is -0.0534. The Morgan fingerprint density at radius 2 is 1.88 bits per heavy atom. The molecule has 0 radical (unpaired) electrons. The number of nitrogens with zero attached hydrogens (tertiary/aromatic N) is 1. The van der Waals surface area contributed by atoms with Crippen LogP contribution < -0.4 is 5.32 Å². The lowest BCUT2D eigenvalue weighted by Crippen LogP contribution is -2.48. The summed E-state index contributed by atoms with van der Waals surface area (Å²) < 4.78 is 10.7. The van der Waals surface area contributed by atoms with Crippen LogP contribution in [0.25, 0.3) is 0 Å². The molecule has 0 aromatic heterocycles. The van der Waals surface area contributed by atoms with Gasteiger partial charge in [-0.05, 0) is 38.8 Å². The topological polar surface area (TPSA) is 67.9 Å². The van der Waals surface area contributed by atoms with Crippen molar-refractivity contribution in [1.82, 2.24) is 10.2 Å². The van der Waals surface area contributed by atoms with E-state index in [4.69, 9.17) is 9.47 Å². The van der Waals surface area contributed by atoms with Gasteiger partial charge in [-0.15, -0.1) is 0 Å². The van der Waals surface area contributed by atoms with E-state index in [0.717, 1.165) is 12.8 Å². The van der Waals surface area contributed by atoms with Crippen molar-refractivity contribution in [3.8, 4) is 0 Å². The summed E-state index contributed by atoms with van der Waals surface area (Å²) in [6.45, 7) is 6.52. The maximum Gasteiger partial charge on any atom is 0.253 e. The van der Waals surface area contributed by atoms with Crippen LogP contribution in [-0.4, -0.2) is 61.8 Å². The number of hydrogen-bond donors (Lipinski definition) is 1. The van der Waals surface area contributed by atoms with E-state index in [1.807, 2.05) is 42.2 Å². The predicted octanol–water partition coefficient (Wildman–Crippen LogP) is 1.85. The van der Waals surface area contributed by atoms with Crippen LogP contribution in [0.2, 0.25) is 0 Å². The van der Waals surface area contributed by atoms with Crippen LogP contribution in [0.1, 0.15) is 37.0 Å². The average Bonchev–Trinajstić information content (AvgIpc) is 2.65. The van der Waals surface area contributed by atoms with Gasteiger partial charge in [0.2, 0.25) is 5.91 Å². The van der Waals surface area contributed by atoms with Crippen molar-refractivity contribution in [2.75, 3.05) is 32.9 Å². The number of likely N-dealkylation sites (tertiary alicyclic amines) is 1. The second-order valence-electron chi connectivity index (χ2n) is 6.15. The monoisotopic (exact) mass is 348 g/mol. The van der Waals surface area contributed by atoms with Crippen LogP contribution in [0.3, 0.4) is 0 Å². The second-order valence-corrected chi connectivity index (χ2v) is 6.15. The van der Waals surface area contributed by atoms with Crippen molar-refractivity contribution in [3.05, 3.63) is 35.9 Å². The number of hydrogen-bond acceptors (Lipinski definition) is 4. The first-order valence-corrected chi connectivity index (χ1v) is 8.96. The zero-order valence-electron chi connectivity index (χ0n) is 15.1. The maximum atomic E-state index is 12.4. The molecule has 1 heterocycles. The first-order chi connectivity index (χ1) is 12.1. The zero-order valence-corrected chi connectivity index (χ0v) is 15.1. The van der Waals surface area contributed by atoms with Crippen molar-refractivity contribution < 1.29 is 19.1 Å². The highest BCUT2D eigenvalue weighted by atomic mass is 16.5. The first kappa shape index (κ1) is 19.4. The lowest BCUT2D eigenvalue weighted by molar-refractivity contribution is -0.133. The van der Waals surface area contributed by atoms with Crippen molar-refractivity contribution >= 4 is 11.8 Å². The number of carbonyl (C=O) groups excluding carboxylic acids is 2. The normalized spacial score (nSPS) is 16.5. The highest BCUT2D eigenvalue weighted by molar-refractivity contribution is 5.94. The fourth-order valence-corrected chi connectivity index (χ4v) is 2.81. The standard InChI is InChI=1S/C19H28N2O4/c1-3-24-13-14-25-15(2)18(22)20-17-9-11-21(12-10-17)19(23)16-7-5-4-6-8-16/h4-8,15,17H,3,9-14H2,1-2H3,(H,20,22). The van der Waals surface area contributed by atoms with Crippen LogP contribution in [0.5, 0.6) is 0 Å². The lowest BCUT2D eigenvalue weighted by Gasteiger charge is -2.33. The molecule has 138 valence electrons. The van der Waals surface area contributed by atoms with Crippen molar-refractivity contribution in [1.29, 1.82) is 0 Å². The van der Waals surface area contributed by atoms with Gasteiger partial charge >= 0.3 is 0 Å². The van der Waals surface area contributed by atoms with Crippen molar-refractivity contribution in [2.24, 2.45) is 0 Å². The molecule has 1 atom stereocenters. The van der Waals surface area contributed by atoms with Gasteiger partial charge < -0.3 is 19.7 Å². The summed E-state index contributed by atoms with van der Waals surface area (Å²) in [6.07, 6.45) is 1.02. The Kier molecular flexibility index (Phi) is 7.88. The zero-order chi connectivity index (χ0) is 18.1. The first-order valence-electron chi connectivity index (χ1n) is 8.96. The predicted molar refractivity (Wildman–Crippen MR) is 95.4 cm³/mol. The number of carbonyl (C=O) groups is 2. The molecular formula is C19H28N2O4. The van der Waals surface area contributed by atoms with Gasteiger partial charge in [-0.25, -0.2) is 0 Å². The van der Waals surface area contributed by atoms with E-state index >= 15 is 0 Å². The van der Waals surface area contributed by atoms with Crippen LogP contribution in [0.15, 0.2) is 30.3 Å². The molecule has 1 unspecified atom stereocenters. The fraction of sp³-hybridized carbons (Fsp3) is 0.579. The molecule has 1 aromatic rings. The Labute approximate surface area is 149 Å². The SMILES string of the molecule is CCOCCOC(C)C(=O)NC1CCN(C(=O)c2ccccc2)CC1. The number of nitrogens with one attached hydrogen (secondary N) is 1. The highest BCUT2D eigenvalue weighted by Crippen LogP contribution is 2.14. The molecule has 2 amide bonds. The highest BCUT2D eigenvalue weighted by Gasteiger charge is 2.25. The minimum Gasteiger partial charge on any atom is -0.379 e. The van der Waals surface area contributed by atoms with Gasteiger partial charge in [0.25, 0.3) is 5.91 Å². The summed E-state index contributed by atoms with van der Waals surface area (Å²) in [7, 11) is 0. The number of amides is 2. The van der Waals surface area contributed by atoms with Gasteiger partial charge in [0.15, 0.2) is 0 Å². The molecular weight excluding hydrogens is 320 g/mol. The quantitative estimate of drug-likeness (QED) is 0.728. The molecule has 6 nitrogen and oxygen atoms in total. The molecule has 1 saturated heterocycles. The summed E-state index contributed by atoms with van der Waals surface area (Å²) in [4.78, 5) is 26.4. The fourth-order valence-electron chi connectivity index (χ4n) is 2.81. The second kappa shape index (κ2) is 10.2. The van der Waals surface area contributed by atoms with E-state index in [1.54, 1.807) is 6.92 Å². The summed E-state index contributed by atoms with van der Waals surface area (Å²) in [5, 5.41) is 3.02. The molecule has 1 aliphatic rings. The molecule has 1 N–H and O–H groups in total. The third-order valence-electron chi connectivity index (χ3n) is 4.32. The Balaban J connectivity index is 1.71. The number of rotatable bonds is 8. The number of piperidine rings is 1. The molecule has 1 fully saturated rings. The minimum atomic E-state index is -0.496. The average molecular weight is 348 g/mol. The third kappa shape index (κ3) is 6.14. The van der Waals surface area contributed by atoms with Gasteiger partial charge in [0.05, 0.1) is 13.2 Å². The molecule has 1 aliphatic heterocycles. The minimum absolute atomic E-state index is 0.0537. The van der Waals surface area contributed by atoms with Crippen molar-refractivity contribution in [3.63, 3.8) is 0 Å². The molecule has 0 saturated carbocycles. The Hall–Kier alpha value is -1.92. The number of ether oxygens (including phenoxy) is 2. The Morgan fingerprint density at radius 3 is 2.52 bits per heavy atom. The van der Waals surface area contributed by atoms with E-state index in [0.29, 0.717) is 38.5 Å². The molecule has 6 heteroatoms. The molecule has 0 aliphatic carbocycles. The van der Waals surface area contributed by atoms with Gasteiger partial charge in [0.1, 0.15) is 6.10 Å². The van der Waals surface area contributed by atoms with Crippen LogP contribution in [0, 0.1) is 0 Å². The largest absolute Gasteiger partial charge is 0.379 e. The van der Waals surface area contributed by atoms with Gasteiger partial charge in [-0.2, -0.15) is 0 Å². The van der Waals surface area contributed by atoms with Gasteiger partial charge in [-0.3, -0.25) is 9.59 Å². The lowest BCUT2D eigenvalue weighted by atomic mass is 10.0. The van der Waals surface area contributed by atoms with Crippen LogP contribution in [-0.2, 0) is 14.3 Å². The smallest absolute Gasteiger partial charge is 0.253 e. The van der Waals surface area contributed by atoms with Crippen LogP contribution >= 0.6 is 0 Å². The molecule has 0 bridgehead atoms. The Bertz CT molecular complexity index is 542. The van der Waals surface area contributed by atoms with Gasteiger partial charge in [-0.1, -0.05) is 18.2 Å². The molecule has 25 heavy (non-hydrogen) atoms. The van der Waals surface area contributed by atoms with Gasteiger partial charge in [0, 0.05) is 31.3 Å². The van der Waals surface area contributed by atoms with E-state index < -0.39 is 6.10 Å². The third-order valence-corrected chi connectivity index (χ3v) is 4.32.